The van der Waals surface area contributed by atoms with Gasteiger partial charge in [-0.2, -0.15) is 0 Å². The van der Waals surface area contributed by atoms with Crippen LogP contribution in [0.1, 0.15) is 20.7 Å². The number of rotatable bonds is 16. The SMILES string of the molecule is [N-]=[N+]=NCCOCCOc1cc(C=O)c(OCCOCCN=[N+]=[N-])cc1C=O. The van der Waals surface area contributed by atoms with Crippen LogP contribution in [0.4, 0.5) is 0 Å². The summed E-state index contributed by atoms with van der Waals surface area (Å²) in [7, 11) is 0. The van der Waals surface area contributed by atoms with Crippen LogP contribution in [0.15, 0.2) is 22.4 Å². The maximum atomic E-state index is 11.3. The van der Waals surface area contributed by atoms with E-state index in [2.05, 4.69) is 20.1 Å². The van der Waals surface area contributed by atoms with Crippen molar-refractivity contribution < 1.29 is 28.5 Å². The lowest BCUT2D eigenvalue weighted by Gasteiger charge is -2.13. The number of azide groups is 2. The van der Waals surface area contributed by atoms with Gasteiger partial charge in [0.1, 0.15) is 24.7 Å². The summed E-state index contributed by atoms with van der Waals surface area (Å²) in [5.41, 5.74) is 16.7. The van der Waals surface area contributed by atoms with Gasteiger partial charge in [0.25, 0.3) is 0 Å². The van der Waals surface area contributed by atoms with Crippen LogP contribution in [0.3, 0.4) is 0 Å². The lowest BCUT2D eigenvalue weighted by atomic mass is 10.1. The summed E-state index contributed by atoms with van der Waals surface area (Å²) in [6, 6.07) is 2.82. The van der Waals surface area contributed by atoms with Crippen LogP contribution in [-0.2, 0) is 9.47 Å². The minimum atomic E-state index is 0.147. The number of carbonyl (C=O) groups is 2. The summed E-state index contributed by atoms with van der Waals surface area (Å²) in [6.07, 6.45) is 1.19. The van der Waals surface area contributed by atoms with Crippen molar-refractivity contribution in [3.05, 3.63) is 44.1 Å². The fraction of sp³-hybridized carbons (Fsp3) is 0.500. The van der Waals surface area contributed by atoms with Crippen LogP contribution in [0.2, 0.25) is 0 Å². The van der Waals surface area contributed by atoms with Crippen molar-refractivity contribution in [1.82, 2.24) is 0 Å². The first kappa shape index (κ1) is 22.7. The standard InChI is InChI=1S/C16H20N6O6/c17-21-19-1-3-25-5-7-27-15-9-14(12-24)16(10-13(15)11-23)28-8-6-26-4-2-20-22-18/h9-12H,1-8H2. The van der Waals surface area contributed by atoms with Gasteiger partial charge in [0, 0.05) is 22.9 Å². The average molecular weight is 392 g/mol. The lowest BCUT2D eigenvalue weighted by Crippen LogP contribution is -2.11. The smallest absolute Gasteiger partial charge is 0.153 e. The summed E-state index contributed by atoms with van der Waals surface area (Å²) in [4.78, 5) is 27.8. The van der Waals surface area contributed by atoms with Crippen molar-refractivity contribution >= 4 is 12.6 Å². The van der Waals surface area contributed by atoms with Crippen LogP contribution in [0.5, 0.6) is 11.5 Å². The zero-order valence-corrected chi connectivity index (χ0v) is 15.1. The number of ether oxygens (including phenoxy) is 4. The molecule has 12 nitrogen and oxygen atoms in total. The number of hydrogen-bond acceptors (Lipinski definition) is 8. The van der Waals surface area contributed by atoms with Crippen LogP contribution in [0, 0.1) is 0 Å². The van der Waals surface area contributed by atoms with E-state index in [1.54, 1.807) is 0 Å². The van der Waals surface area contributed by atoms with E-state index in [1.807, 2.05) is 0 Å². The Labute approximate surface area is 160 Å². The molecule has 28 heavy (non-hydrogen) atoms. The van der Waals surface area contributed by atoms with E-state index < -0.39 is 0 Å². The highest BCUT2D eigenvalue weighted by atomic mass is 16.5. The van der Waals surface area contributed by atoms with Gasteiger partial charge in [-0.05, 0) is 23.2 Å². The fourth-order valence-corrected chi connectivity index (χ4v) is 1.95. The average Bonchev–Trinajstić information content (AvgIpc) is 2.72. The van der Waals surface area contributed by atoms with E-state index in [-0.39, 0.29) is 75.4 Å². The molecule has 1 aromatic carbocycles. The second-order valence-corrected chi connectivity index (χ2v) is 4.99. The second kappa shape index (κ2) is 14.8. The molecule has 1 aromatic rings. The number of aldehydes is 2. The van der Waals surface area contributed by atoms with Crippen molar-refractivity contribution in [3.8, 4) is 11.5 Å². The van der Waals surface area contributed by atoms with Crippen molar-refractivity contribution in [2.75, 3.05) is 52.7 Å². The molecule has 1 rings (SSSR count). The van der Waals surface area contributed by atoms with Crippen LogP contribution < -0.4 is 9.47 Å². The number of nitrogens with zero attached hydrogens (tertiary/aromatic N) is 6. The number of benzene rings is 1. The summed E-state index contributed by atoms with van der Waals surface area (Å²) in [6.45, 7) is 1.68. The second-order valence-electron chi connectivity index (χ2n) is 4.99. The van der Waals surface area contributed by atoms with E-state index in [0.29, 0.717) is 12.6 Å². The largest absolute Gasteiger partial charge is 0.490 e. The van der Waals surface area contributed by atoms with Gasteiger partial charge < -0.3 is 18.9 Å². The Morgan fingerprint density at radius 3 is 1.54 bits per heavy atom. The molecule has 0 N–H and O–H groups in total. The van der Waals surface area contributed by atoms with E-state index in [0.717, 1.165) is 0 Å². The van der Waals surface area contributed by atoms with Gasteiger partial charge >= 0.3 is 0 Å². The Morgan fingerprint density at radius 1 is 0.750 bits per heavy atom. The highest BCUT2D eigenvalue weighted by molar-refractivity contribution is 5.87. The summed E-state index contributed by atoms with van der Waals surface area (Å²) in [5.74, 6) is 0.461. The van der Waals surface area contributed by atoms with E-state index >= 15 is 0 Å². The minimum absolute atomic E-state index is 0.147. The molecule has 150 valence electrons. The lowest BCUT2D eigenvalue weighted by molar-refractivity contribution is 0.101. The van der Waals surface area contributed by atoms with Crippen LogP contribution in [0.25, 0.3) is 20.9 Å². The number of carbonyl (C=O) groups excluding carboxylic acids is 2. The Balaban J connectivity index is 2.54. The van der Waals surface area contributed by atoms with Gasteiger partial charge in [-0.1, -0.05) is 10.2 Å². The van der Waals surface area contributed by atoms with Crippen molar-refractivity contribution in [1.29, 1.82) is 0 Å². The maximum absolute atomic E-state index is 11.3. The third-order valence-corrected chi connectivity index (χ3v) is 3.16. The zero-order chi connectivity index (χ0) is 20.5. The van der Waals surface area contributed by atoms with Gasteiger partial charge in [-0.25, -0.2) is 0 Å². The fourth-order valence-electron chi connectivity index (χ4n) is 1.95. The Hall–Kier alpha value is -3.30. The third-order valence-electron chi connectivity index (χ3n) is 3.16. The molecule has 0 spiro atoms. The van der Waals surface area contributed by atoms with Gasteiger partial charge in [0.05, 0.1) is 37.6 Å². The van der Waals surface area contributed by atoms with Gasteiger partial charge in [0.2, 0.25) is 0 Å². The summed E-state index contributed by atoms with van der Waals surface area (Å²) in [5, 5.41) is 6.65. The molecule has 0 aliphatic carbocycles. The zero-order valence-electron chi connectivity index (χ0n) is 15.1. The maximum Gasteiger partial charge on any atom is 0.153 e. The molecular weight excluding hydrogens is 372 g/mol. The molecule has 0 amide bonds. The summed E-state index contributed by atoms with van der Waals surface area (Å²) < 4.78 is 21.3. The molecule has 12 heteroatoms. The Bertz CT molecular complexity index is 669. The topological polar surface area (TPSA) is 169 Å². The molecule has 0 fully saturated rings. The Morgan fingerprint density at radius 2 is 1.18 bits per heavy atom. The highest BCUT2D eigenvalue weighted by Gasteiger charge is 2.12. The van der Waals surface area contributed by atoms with Crippen molar-refractivity contribution in [2.24, 2.45) is 10.2 Å². The van der Waals surface area contributed by atoms with Crippen molar-refractivity contribution in [2.45, 2.75) is 0 Å². The minimum Gasteiger partial charge on any atom is -0.490 e. The molecule has 0 heterocycles. The van der Waals surface area contributed by atoms with Gasteiger partial charge in [0.15, 0.2) is 12.6 Å². The van der Waals surface area contributed by atoms with Gasteiger partial charge in [-0.15, -0.1) is 0 Å². The van der Waals surface area contributed by atoms with E-state index in [1.165, 1.54) is 12.1 Å². The first-order valence-corrected chi connectivity index (χ1v) is 8.28. The molecular formula is C16H20N6O6. The quantitative estimate of drug-likeness (QED) is 0.138. The molecule has 0 atom stereocenters. The molecule has 0 bridgehead atoms. The van der Waals surface area contributed by atoms with Gasteiger partial charge in [-0.3, -0.25) is 9.59 Å². The molecule has 0 unspecified atom stereocenters. The predicted octanol–water partition coefficient (Wildman–Crippen LogP) is 2.72. The summed E-state index contributed by atoms with van der Waals surface area (Å²) >= 11 is 0. The first-order valence-electron chi connectivity index (χ1n) is 8.28. The molecule has 0 saturated heterocycles. The van der Waals surface area contributed by atoms with Crippen molar-refractivity contribution in [3.63, 3.8) is 0 Å². The first-order chi connectivity index (χ1) is 13.8. The highest BCUT2D eigenvalue weighted by Crippen LogP contribution is 2.27. The van der Waals surface area contributed by atoms with E-state index in [9.17, 15) is 9.59 Å². The normalized spacial score (nSPS) is 9.71. The van der Waals surface area contributed by atoms with E-state index in [4.69, 9.17) is 30.0 Å². The monoisotopic (exact) mass is 392 g/mol. The molecule has 0 aromatic heterocycles. The van der Waals surface area contributed by atoms with Crippen LogP contribution >= 0.6 is 0 Å². The predicted molar refractivity (Wildman–Crippen MR) is 97.9 cm³/mol. The molecule has 0 aliphatic rings. The number of hydrogen-bond donors (Lipinski definition) is 0. The molecule has 0 aliphatic heterocycles. The van der Waals surface area contributed by atoms with Crippen LogP contribution in [-0.4, -0.2) is 65.3 Å². The third kappa shape index (κ3) is 8.88. The molecule has 0 radical (unpaired) electrons. The Kier molecular flexibility index (Phi) is 12.0. The molecule has 0 saturated carbocycles.